The topological polar surface area (TPSA) is 72.7 Å². The number of nitrogens with zero attached hydrogens (tertiary/aromatic N) is 4. The number of anilines is 1. The number of para-hydroxylation sites is 1. The summed E-state index contributed by atoms with van der Waals surface area (Å²) < 4.78 is 17.1. The molecule has 5 aromatic rings. The first-order valence-corrected chi connectivity index (χ1v) is 11.7. The van der Waals surface area contributed by atoms with Gasteiger partial charge in [0.1, 0.15) is 23.8 Å². The van der Waals surface area contributed by atoms with Crippen LogP contribution in [0.3, 0.4) is 0 Å². The zero-order valence-corrected chi connectivity index (χ0v) is 20.1. The third kappa shape index (κ3) is 3.84. The molecule has 1 N–H and O–H groups in total. The van der Waals surface area contributed by atoms with Crippen LogP contribution in [-0.2, 0) is 0 Å². The normalized spacial score (nSPS) is 12.4. The summed E-state index contributed by atoms with van der Waals surface area (Å²) in [5, 5.41) is 4.17. The van der Waals surface area contributed by atoms with Crippen molar-refractivity contribution in [2.24, 2.45) is 5.92 Å². The van der Waals surface area contributed by atoms with Crippen molar-refractivity contribution in [1.82, 2.24) is 19.5 Å². The van der Waals surface area contributed by atoms with Crippen molar-refractivity contribution in [3.63, 3.8) is 0 Å². The molecule has 0 aliphatic rings. The average Bonchev–Trinajstić information content (AvgIpc) is 2.83. The number of rotatable bonds is 5. The molecule has 8 heteroatoms. The molecule has 5 rings (SSSR count). The van der Waals surface area contributed by atoms with Gasteiger partial charge < -0.3 is 5.32 Å². The predicted octanol–water partition coefficient (Wildman–Crippen LogP) is 6.04. The molecule has 0 aliphatic carbocycles. The standard InChI is InChI=1S/C26H21BrFN5O/c1-15(2)23(32-24-22-18(28)11-7-12-19(22)29-14-30-24)25-31-20-13-6-10-17(27)21(20)26(34)33(25)16-8-4-3-5-9-16/h3-15,23H,1-2H3,(H,29,30,32)/t23-/m0/s1. The molecule has 0 radical (unpaired) electrons. The number of halogens is 2. The van der Waals surface area contributed by atoms with E-state index in [2.05, 4.69) is 31.2 Å². The number of fused-ring (bicyclic) bond motifs is 2. The van der Waals surface area contributed by atoms with Crippen molar-refractivity contribution in [2.45, 2.75) is 19.9 Å². The zero-order valence-electron chi connectivity index (χ0n) is 18.5. The lowest BCUT2D eigenvalue weighted by molar-refractivity contribution is 0.509. The van der Waals surface area contributed by atoms with Gasteiger partial charge in [0.05, 0.1) is 33.5 Å². The van der Waals surface area contributed by atoms with E-state index in [1.807, 2.05) is 62.4 Å². The van der Waals surface area contributed by atoms with E-state index in [1.54, 1.807) is 16.7 Å². The summed E-state index contributed by atoms with van der Waals surface area (Å²) >= 11 is 3.51. The highest BCUT2D eigenvalue weighted by molar-refractivity contribution is 9.10. The minimum Gasteiger partial charge on any atom is -0.359 e. The fraction of sp³-hybridized carbons (Fsp3) is 0.154. The third-order valence-corrected chi connectivity index (χ3v) is 6.40. The minimum atomic E-state index is -0.450. The Bertz CT molecular complexity index is 1560. The SMILES string of the molecule is CC(C)[C@H](Nc1ncnc2cccc(F)c12)c1nc2cccc(Br)c2c(=O)n1-c1ccccc1. The minimum absolute atomic E-state index is 0.0109. The Hall–Kier alpha value is -3.65. The van der Waals surface area contributed by atoms with Crippen LogP contribution < -0.4 is 10.9 Å². The Morgan fingerprint density at radius 3 is 2.41 bits per heavy atom. The van der Waals surface area contributed by atoms with E-state index >= 15 is 0 Å². The molecule has 0 fully saturated rings. The monoisotopic (exact) mass is 517 g/mol. The Balaban J connectivity index is 1.77. The summed E-state index contributed by atoms with van der Waals surface area (Å²) in [6.07, 6.45) is 1.40. The lowest BCUT2D eigenvalue weighted by atomic mass is 10.0. The summed E-state index contributed by atoms with van der Waals surface area (Å²) in [6.45, 7) is 4.04. The van der Waals surface area contributed by atoms with Crippen molar-refractivity contribution < 1.29 is 4.39 Å². The largest absolute Gasteiger partial charge is 0.359 e. The van der Waals surface area contributed by atoms with Gasteiger partial charge in [-0.05, 0) is 58.2 Å². The van der Waals surface area contributed by atoms with Gasteiger partial charge in [0.15, 0.2) is 0 Å². The first-order valence-electron chi connectivity index (χ1n) is 10.9. The van der Waals surface area contributed by atoms with E-state index in [1.165, 1.54) is 12.4 Å². The van der Waals surface area contributed by atoms with E-state index in [4.69, 9.17) is 4.98 Å². The molecule has 0 saturated carbocycles. The van der Waals surface area contributed by atoms with Crippen molar-refractivity contribution in [1.29, 1.82) is 0 Å². The maximum Gasteiger partial charge on any atom is 0.267 e. The molecular weight excluding hydrogens is 497 g/mol. The van der Waals surface area contributed by atoms with Crippen LogP contribution in [0.5, 0.6) is 0 Å². The third-order valence-electron chi connectivity index (χ3n) is 5.74. The molecule has 0 bridgehead atoms. The van der Waals surface area contributed by atoms with Crippen molar-refractivity contribution in [3.05, 3.63) is 99.5 Å². The van der Waals surface area contributed by atoms with Crippen LogP contribution in [-0.4, -0.2) is 19.5 Å². The van der Waals surface area contributed by atoms with Gasteiger partial charge in [-0.1, -0.05) is 44.2 Å². The quantitative estimate of drug-likeness (QED) is 0.307. The fourth-order valence-corrected chi connectivity index (χ4v) is 4.62. The van der Waals surface area contributed by atoms with Crippen LogP contribution >= 0.6 is 15.9 Å². The van der Waals surface area contributed by atoms with Gasteiger partial charge in [0.25, 0.3) is 5.56 Å². The lowest BCUT2D eigenvalue weighted by Crippen LogP contribution is -2.30. The van der Waals surface area contributed by atoms with Crippen LogP contribution in [0.4, 0.5) is 10.2 Å². The molecule has 2 heterocycles. The van der Waals surface area contributed by atoms with Crippen molar-refractivity contribution in [2.75, 3.05) is 5.32 Å². The van der Waals surface area contributed by atoms with E-state index in [9.17, 15) is 9.18 Å². The molecule has 34 heavy (non-hydrogen) atoms. The summed E-state index contributed by atoms with van der Waals surface area (Å²) in [5.74, 6) is 0.437. The summed E-state index contributed by atoms with van der Waals surface area (Å²) in [5.41, 5.74) is 1.58. The molecule has 0 saturated heterocycles. The van der Waals surface area contributed by atoms with Gasteiger partial charge in [0, 0.05) is 4.47 Å². The predicted molar refractivity (Wildman–Crippen MR) is 136 cm³/mol. The van der Waals surface area contributed by atoms with Crippen LogP contribution in [0, 0.1) is 11.7 Å². The smallest absolute Gasteiger partial charge is 0.267 e. The highest BCUT2D eigenvalue weighted by atomic mass is 79.9. The van der Waals surface area contributed by atoms with Gasteiger partial charge in [-0.3, -0.25) is 9.36 Å². The van der Waals surface area contributed by atoms with E-state index in [0.29, 0.717) is 43.6 Å². The van der Waals surface area contributed by atoms with Gasteiger partial charge in [0.2, 0.25) is 0 Å². The van der Waals surface area contributed by atoms with Gasteiger partial charge in [-0.15, -0.1) is 0 Å². The van der Waals surface area contributed by atoms with Crippen molar-refractivity contribution >= 4 is 43.6 Å². The van der Waals surface area contributed by atoms with Crippen LogP contribution in [0.1, 0.15) is 25.7 Å². The van der Waals surface area contributed by atoms with E-state index in [0.717, 1.165) is 0 Å². The molecule has 170 valence electrons. The average molecular weight is 518 g/mol. The van der Waals surface area contributed by atoms with Crippen LogP contribution in [0.15, 0.2) is 82.3 Å². The first-order chi connectivity index (χ1) is 16.5. The Kier molecular flexibility index (Phi) is 5.83. The summed E-state index contributed by atoms with van der Waals surface area (Å²) in [4.78, 5) is 27.2. The Morgan fingerprint density at radius 1 is 0.912 bits per heavy atom. The molecule has 6 nitrogen and oxygen atoms in total. The Morgan fingerprint density at radius 2 is 1.65 bits per heavy atom. The molecular formula is C26H21BrFN5O. The van der Waals surface area contributed by atoms with Crippen LogP contribution in [0.25, 0.3) is 27.5 Å². The summed E-state index contributed by atoms with van der Waals surface area (Å²) in [7, 11) is 0. The number of benzene rings is 3. The van der Waals surface area contributed by atoms with Crippen molar-refractivity contribution in [3.8, 4) is 5.69 Å². The number of aromatic nitrogens is 4. The number of hydrogen-bond donors (Lipinski definition) is 1. The fourth-order valence-electron chi connectivity index (χ4n) is 4.10. The second-order valence-electron chi connectivity index (χ2n) is 8.30. The lowest BCUT2D eigenvalue weighted by Gasteiger charge is -2.26. The molecule has 1 atom stereocenters. The number of nitrogens with one attached hydrogen (secondary N) is 1. The molecule has 0 unspecified atom stereocenters. The highest BCUT2D eigenvalue weighted by Gasteiger charge is 2.26. The Labute approximate surface area is 203 Å². The molecule has 2 aromatic heterocycles. The maximum absolute atomic E-state index is 14.8. The first kappa shape index (κ1) is 22.2. The molecule has 0 amide bonds. The summed E-state index contributed by atoms with van der Waals surface area (Å²) in [6, 6.07) is 19.2. The van der Waals surface area contributed by atoms with Gasteiger partial charge in [-0.2, -0.15) is 0 Å². The molecule has 3 aromatic carbocycles. The van der Waals surface area contributed by atoms with Gasteiger partial charge in [-0.25, -0.2) is 19.3 Å². The molecule has 0 aliphatic heterocycles. The van der Waals surface area contributed by atoms with Crippen LogP contribution in [0.2, 0.25) is 0 Å². The second kappa shape index (κ2) is 8.95. The maximum atomic E-state index is 14.8. The second-order valence-corrected chi connectivity index (χ2v) is 9.16. The zero-order chi connectivity index (χ0) is 23.8. The highest BCUT2D eigenvalue weighted by Crippen LogP contribution is 2.31. The van der Waals surface area contributed by atoms with Gasteiger partial charge >= 0.3 is 0 Å². The number of hydrogen-bond acceptors (Lipinski definition) is 5. The van der Waals surface area contributed by atoms with E-state index in [-0.39, 0.29) is 11.5 Å². The van der Waals surface area contributed by atoms with E-state index < -0.39 is 11.9 Å². The molecule has 0 spiro atoms.